The molecule has 0 unspecified atom stereocenters. The number of benzene rings is 2. The van der Waals surface area contributed by atoms with Crippen molar-refractivity contribution in [1.82, 2.24) is 29.7 Å². The summed E-state index contributed by atoms with van der Waals surface area (Å²) in [5, 5.41) is 4.05. The second kappa shape index (κ2) is 19.9. The van der Waals surface area contributed by atoms with E-state index < -0.39 is 0 Å². The fourth-order valence-electron chi connectivity index (χ4n) is 6.60. The van der Waals surface area contributed by atoms with Crippen molar-refractivity contribution in [3.05, 3.63) is 118 Å². The average molecular weight is 717 g/mol. The maximum absolute atomic E-state index is 12.8. The van der Waals surface area contributed by atoms with Gasteiger partial charge in [0.15, 0.2) is 0 Å². The molecule has 7 rings (SSSR count). The smallest absolute Gasteiger partial charge is 0.410 e. The Bertz CT molecular complexity index is 1670. The van der Waals surface area contributed by atoms with Crippen molar-refractivity contribution in [2.45, 2.75) is 83.9 Å². The highest BCUT2D eigenvalue weighted by molar-refractivity contribution is 6.30. The number of hydrogen-bond acceptors (Lipinski definition) is 6. The van der Waals surface area contributed by atoms with Crippen LogP contribution in [0.2, 0.25) is 5.02 Å². The summed E-state index contributed by atoms with van der Waals surface area (Å²) in [6.45, 7) is 7.29. The maximum atomic E-state index is 12.8. The van der Waals surface area contributed by atoms with Gasteiger partial charge in [-0.25, -0.2) is 14.2 Å². The molecule has 51 heavy (non-hydrogen) atoms. The van der Waals surface area contributed by atoms with Gasteiger partial charge in [0.1, 0.15) is 11.9 Å². The molecule has 0 radical (unpaired) electrons. The molecule has 2 aliphatic carbocycles. The number of aryl methyl sites for hydroxylation is 4. The molecule has 1 N–H and O–H groups in total. The molecule has 3 heterocycles. The van der Waals surface area contributed by atoms with Gasteiger partial charge >= 0.3 is 6.09 Å². The predicted octanol–water partition coefficient (Wildman–Crippen LogP) is 7.16. The van der Waals surface area contributed by atoms with Crippen LogP contribution < -0.4 is 5.32 Å². The van der Waals surface area contributed by atoms with Crippen LogP contribution in [0.5, 0.6) is 0 Å². The molecule has 2 fully saturated rings. The number of hydrogen-bond donors (Lipinski definition) is 1. The van der Waals surface area contributed by atoms with Gasteiger partial charge in [0, 0.05) is 75.3 Å². The molecule has 2 aromatic carbocycles. The molecule has 1 saturated heterocycles. The van der Waals surface area contributed by atoms with E-state index in [1.807, 2.05) is 40.9 Å². The summed E-state index contributed by atoms with van der Waals surface area (Å²) in [4.78, 5) is 34.9. The number of amides is 2. The number of pyridine rings is 1. The third kappa shape index (κ3) is 12.5. The van der Waals surface area contributed by atoms with E-state index in [0.717, 1.165) is 93.9 Å². The van der Waals surface area contributed by atoms with Gasteiger partial charge in [0.25, 0.3) is 0 Å². The van der Waals surface area contributed by atoms with Crippen molar-refractivity contribution in [2.75, 3.05) is 32.7 Å². The van der Waals surface area contributed by atoms with E-state index in [2.05, 4.69) is 33.5 Å². The molecule has 0 bridgehead atoms. The number of carbonyl (C=O) groups is 2. The highest BCUT2D eigenvalue weighted by atomic mass is 35.5. The van der Waals surface area contributed by atoms with E-state index in [-0.39, 0.29) is 18.0 Å². The largest absolute Gasteiger partial charge is 0.446 e. The molecule has 9 nitrogen and oxygen atoms in total. The van der Waals surface area contributed by atoms with E-state index in [1.54, 1.807) is 23.4 Å². The van der Waals surface area contributed by atoms with Crippen LogP contribution in [0.3, 0.4) is 0 Å². The molecule has 272 valence electrons. The minimum absolute atomic E-state index is 0.108. The number of ether oxygens (including phenoxy) is 1. The third-order valence-electron chi connectivity index (χ3n) is 9.44. The number of carbonyl (C=O) groups excluding carboxylic acids is 2. The minimum Gasteiger partial charge on any atom is -0.446 e. The molecule has 3 aliphatic rings. The van der Waals surface area contributed by atoms with E-state index in [0.29, 0.717) is 13.1 Å². The number of nitrogens with zero attached hydrogens (tertiary/aromatic N) is 5. The fraction of sp³-hybridized carbons (Fsp3) is 0.450. The number of fused-ring (bicyclic) bond motifs is 2. The fourth-order valence-corrected chi connectivity index (χ4v) is 6.79. The molecule has 1 aliphatic heterocycles. The Morgan fingerprint density at radius 1 is 1.02 bits per heavy atom. The van der Waals surface area contributed by atoms with E-state index in [1.165, 1.54) is 53.8 Å². The molecular formula is C40H50ClFN6O3. The van der Waals surface area contributed by atoms with Crippen LogP contribution in [0, 0.1) is 12.7 Å². The van der Waals surface area contributed by atoms with Gasteiger partial charge in [-0.05, 0) is 104 Å². The van der Waals surface area contributed by atoms with Crippen LogP contribution >= 0.6 is 11.6 Å². The summed E-state index contributed by atoms with van der Waals surface area (Å²) in [7, 11) is 0. The summed E-state index contributed by atoms with van der Waals surface area (Å²) in [6.07, 6.45) is 16.3. The lowest BCUT2D eigenvalue weighted by atomic mass is 9.98. The van der Waals surface area contributed by atoms with Crippen molar-refractivity contribution in [1.29, 1.82) is 0 Å². The number of rotatable bonds is 8. The van der Waals surface area contributed by atoms with Crippen molar-refractivity contribution in [3.8, 4) is 0 Å². The first kappa shape index (κ1) is 38.0. The average Bonchev–Trinajstić information content (AvgIpc) is 3.48. The SMILES string of the molecule is Cc1cn(CCCN(C=O)Cc2ccc(F)cc2)cn1.Clc1ccc2c(c1)CCc1cccnc1C2.O=C(OC1CCCCC1)N1CCNCC1. The first-order valence-electron chi connectivity index (χ1n) is 18.1. The second-order valence-corrected chi connectivity index (χ2v) is 13.8. The van der Waals surface area contributed by atoms with Gasteiger partial charge in [0.2, 0.25) is 6.41 Å². The Kier molecular flexibility index (Phi) is 14.8. The topological polar surface area (TPSA) is 92.6 Å². The summed E-state index contributed by atoms with van der Waals surface area (Å²) < 4.78 is 20.3. The van der Waals surface area contributed by atoms with Gasteiger partial charge < -0.3 is 24.4 Å². The molecule has 11 heteroatoms. The number of imidazole rings is 1. The number of halogens is 2. The van der Waals surface area contributed by atoms with Gasteiger partial charge in [-0.3, -0.25) is 9.78 Å². The van der Waals surface area contributed by atoms with Crippen molar-refractivity contribution < 1.29 is 18.7 Å². The lowest BCUT2D eigenvalue weighted by molar-refractivity contribution is -0.118. The van der Waals surface area contributed by atoms with Crippen molar-refractivity contribution in [3.63, 3.8) is 0 Å². The number of piperazine rings is 1. The molecular weight excluding hydrogens is 667 g/mol. The lowest BCUT2D eigenvalue weighted by Crippen LogP contribution is -2.47. The van der Waals surface area contributed by atoms with Gasteiger partial charge in [0.05, 0.1) is 12.0 Å². The Morgan fingerprint density at radius 3 is 2.51 bits per heavy atom. The van der Waals surface area contributed by atoms with Crippen LogP contribution in [-0.2, 0) is 41.9 Å². The highest BCUT2D eigenvalue weighted by Gasteiger charge is 2.23. The zero-order valence-electron chi connectivity index (χ0n) is 29.6. The molecule has 0 atom stereocenters. The van der Waals surface area contributed by atoms with Gasteiger partial charge in [-0.1, -0.05) is 42.3 Å². The van der Waals surface area contributed by atoms with Crippen LogP contribution in [0.1, 0.15) is 72.2 Å². The number of nitrogens with one attached hydrogen (secondary N) is 1. The molecule has 0 spiro atoms. The first-order chi connectivity index (χ1) is 24.9. The van der Waals surface area contributed by atoms with Gasteiger partial charge in [-0.2, -0.15) is 0 Å². The molecule has 2 amide bonds. The Morgan fingerprint density at radius 2 is 1.78 bits per heavy atom. The summed E-state index contributed by atoms with van der Waals surface area (Å²) in [5.74, 6) is -0.262. The maximum Gasteiger partial charge on any atom is 0.410 e. The normalized spacial score (nSPS) is 15.5. The van der Waals surface area contributed by atoms with Crippen LogP contribution in [-0.4, -0.2) is 75.7 Å². The van der Waals surface area contributed by atoms with E-state index in [9.17, 15) is 14.0 Å². The minimum atomic E-state index is -0.262. The first-order valence-corrected chi connectivity index (χ1v) is 18.5. The second-order valence-electron chi connectivity index (χ2n) is 13.4. The Hall–Kier alpha value is -4.28. The predicted molar refractivity (Wildman–Crippen MR) is 198 cm³/mol. The summed E-state index contributed by atoms with van der Waals surface area (Å²) in [5.41, 5.74) is 7.23. The quantitative estimate of drug-likeness (QED) is 0.195. The van der Waals surface area contributed by atoms with Crippen LogP contribution in [0.15, 0.2) is 73.3 Å². The van der Waals surface area contributed by atoms with E-state index >= 15 is 0 Å². The Labute approximate surface area is 306 Å². The van der Waals surface area contributed by atoms with Gasteiger partial charge in [-0.15, -0.1) is 0 Å². The molecule has 4 aromatic rings. The van der Waals surface area contributed by atoms with Crippen LogP contribution in [0.25, 0.3) is 0 Å². The molecule has 2 aromatic heterocycles. The standard InChI is InChI=1S/C15H18FN3O.C14H12ClN.C11H20N2O2/c1-13-9-18(11-17-13)7-2-8-19(12-20)10-14-3-5-15(16)6-4-14;15-13-6-5-12-9-14-10(2-1-7-16-14)3-4-11(12)8-13;14-11(13-8-6-12-7-9-13)15-10-4-2-1-3-5-10/h3-6,9,11-12H,2,7-8,10H2,1H3;1-2,5-8H,3-4,9H2;10,12H,1-9H2. The van der Waals surface area contributed by atoms with E-state index in [4.69, 9.17) is 16.3 Å². The molecule has 1 saturated carbocycles. The zero-order valence-corrected chi connectivity index (χ0v) is 30.4. The zero-order chi connectivity index (χ0) is 35.8. The van der Waals surface area contributed by atoms with Crippen molar-refractivity contribution >= 4 is 24.1 Å². The monoisotopic (exact) mass is 716 g/mol. The highest BCUT2D eigenvalue weighted by Crippen LogP contribution is 2.25. The van der Waals surface area contributed by atoms with Crippen LogP contribution in [0.4, 0.5) is 9.18 Å². The van der Waals surface area contributed by atoms with Crippen molar-refractivity contribution in [2.24, 2.45) is 0 Å². The lowest BCUT2D eigenvalue weighted by Gasteiger charge is -2.29. The third-order valence-corrected chi connectivity index (χ3v) is 9.68. The Balaban J connectivity index is 0.000000150. The summed E-state index contributed by atoms with van der Waals surface area (Å²) in [6, 6.07) is 16.6. The number of aromatic nitrogens is 3. The summed E-state index contributed by atoms with van der Waals surface area (Å²) >= 11 is 6.03.